The molecule has 0 atom stereocenters. The van der Waals surface area contributed by atoms with Crippen LogP contribution in [-0.4, -0.2) is 50.2 Å². The van der Waals surface area contributed by atoms with Gasteiger partial charge in [-0.15, -0.1) is 0 Å². The van der Waals surface area contributed by atoms with Crippen molar-refractivity contribution in [3.63, 3.8) is 0 Å². The second-order valence-corrected chi connectivity index (χ2v) is 5.55. The molecule has 0 spiro atoms. The van der Waals surface area contributed by atoms with Gasteiger partial charge >= 0.3 is 0 Å². The molecule has 114 valence electrons. The van der Waals surface area contributed by atoms with Gasteiger partial charge in [-0.2, -0.15) is 0 Å². The molecule has 0 aliphatic carbocycles. The lowest BCUT2D eigenvalue weighted by Crippen LogP contribution is -2.21. The molecule has 0 unspecified atom stereocenters. The molecule has 0 heterocycles. The molecule has 0 amide bonds. The second kappa shape index (κ2) is 6.89. The number of benzene rings is 2. The van der Waals surface area contributed by atoms with Crippen LogP contribution in [0.25, 0.3) is 11.1 Å². The summed E-state index contributed by atoms with van der Waals surface area (Å²) in [7, 11) is 7.63. The van der Waals surface area contributed by atoms with E-state index in [1.165, 1.54) is 0 Å². The Morgan fingerprint density at radius 2 is 1.68 bits per heavy atom. The van der Waals surface area contributed by atoms with Crippen molar-refractivity contribution in [3.8, 4) is 11.1 Å². The van der Waals surface area contributed by atoms with Crippen LogP contribution in [0.5, 0.6) is 0 Å². The fourth-order valence-corrected chi connectivity index (χ4v) is 2.08. The second-order valence-electron chi connectivity index (χ2n) is 5.55. The Balaban J connectivity index is 2.52. The predicted octanol–water partition coefficient (Wildman–Crippen LogP) is 3.46. The van der Waals surface area contributed by atoms with E-state index in [0.29, 0.717) is 5.84 Å². The summed E-state index contributed by atoms with van der Waals surface area (Å²) >= 11 is 0. The van der Waals surface area contributed by atoms with Crippen LogP contribution in [0.4, 0.5) is 5.69 Å². The Labute approximate surface area is 132 Å². The minimum atomic E-state index is 0.473. The van der Waals surface area contributed by atoms with Crippen molar-refractivity contribution >= 4 is 17.9 Å². The van der Waals surface area contributed by atoms with E-state index in [1.54, 1.807) is 11.2 Å². The Kier molecular flexibility index (Phi) is 4.94. The fraction of sp³-hybridized carbons (Fsp3) is 0.222. The molecule has 4 heteroatoms. The predicted molar refractivity (Wildman–Crippen MR) is 94.2 cm³/mol. The van der Waals surface area contributed by atoms with Crippen LogP contribution in [0, 0.1) is 5.41 Å². The Morgan fingerprint density at radius 3 is 2.27 bits per heavy atom. The molecule has 0 aliphatic heterocycles. The molecule has 1 N–H and O–H groups in total. The number of aliphatic imine (C=N–C) groups is 1. The number of hydrogen-bond acceptors (Lipinski definition) is 2. The van der Waals surface area contributed by atoms with Crippen molar-refractivity contribution in [2.45, 2.75) is 0 Å². The van der Waals surface area contributed by atoms with Gasteiger partial charge in [0.25, 0.3) is 0 Å². The van der Waals surface area contributed by atoms with Crippen molar-refractivity contribution in [1.82, 2.24) is 9.80 Å². The first kappa shape index (κ1) is 15.8. The lowest BCUT2D eigenvalue weighted by atomic mass is 10.0. The van der Waals surface area contributed by atoms with Gasteiger partial charge in [-0.1, -0.05) is 42.5 Å². The smallest absolute Gasteiger partial charge is 0.127 e. The summed E-state index contributed by atoms with van der Waals surface area (Å²) in [6.07, 6.45) is 1.78. The van der Waals surface area contributed by atoms with Crippen molar-refractivity contribution in [3.05, 3.63) is 54.1 Å². The minimum absolute atomic E-state index is 0.473. The summed E-state index contributed by atoms with van der Waals surface area (Å²) in [5.41, 5.74) is 3.91. The highest BCUT2D eigenvalue weighted by Gasteiger charge is 2.09. The van der Waals surface area contributed by atoms with Gasteiger partial charge in [0.2, 0.25) is 0 Å². The normalized spacial score (nSPS) is 10.7. The molecular formula is C18H22N4. The monoisotopic (exact) mass is 294 g/mol. The third-order valence-electron chi connectivity index (χ3n) is 3.23. The van der Waals surface area contributed by atoms with E-state index in [2.05, 4.69) is 17.1 Å². The Bertz CT molecular complexity index is 673. The van der Waals surface area contributed by atoms with Crippen molar-refractivity contribution < 1.29 is 0 Å². The summed E-state index contributed by atoms with van der Waals surface area (Å²) < 4.78 is 0. The highest BCUT2D eigenvalue weighted by molar-refractivity contribution is 5.98. The number of amidine groups is 1. The van der Waals surface area contributed by atoms with Gasteiger partial charge in [0.15, 0.2) is 0 Å². The van der Waals surface area contributed by atoms with E-state index in [1.807, 2.05) is 69.5 Å². The lowest BCUT2D eigenvalue weighted by molar-refractivity contribution is 0.619. The van der Waals surface area contributed by atoms with Crippen LogP contribution in [0.1, 0.15) is 5.56 Å². The Morgan fingerprint density at radius 1 is 1.00 bits per heavy atom. The zero-order valence-electron chi connectivity index (χ0n) is 13.5. The SMILES string of the molecule is CN(C)/C=N/c1cc(C(=N)N(C)C)ccc1-c1ccccc1. The maximum absolute atomic E-state index is 8.14. The van der Waals surface area contributed by atoms with E-state index in [9.17, 15) is 0 Å². The molecule has 0 bridgehead atoms. The van der Waals surface area contributed by atoms with Crippen LogP contribution in [-0.2, 0) is 0 Å². The highest BCUT2D eigenvalue weighted by Crippen LogP contribution is 2.31. The standard InChI is InChI=1S/C18H22N4/c1-21(2)13-20-17-12-15(18(19)22(3)4)10-11-16(17)14-8-6-5-7-9-14/h5-13,19H,1-4H3/b19-18?,20-13+. The van der Waals surface area contributed by atoms with Crippen LogP contribution in [0.2, 0.25) is 0 Å². The average molecular weight is 294 g/mol. The Hall–Kier alpha value is -2.62. The van der Waals surface area contributed by atoms with Crippen molar-refractivity contribution in [1.29, 1.82) is 5.41 Å². The molecule has 2 aromatic carbocycles. The first-order chi connectivity index (χ1) is 10.5. The van der Waals surface area contributed by atoms with Gasteiger partial charge in [0, 0.05) is 39.3 Å². The zero-order chi connectivity index (χ0) is 16.1. The van der Waals surface area contributed by atoms with Gasteiger partial charge in [-0.05, 0) is 11.6 Å². The highest BCUT2D eigenvalue weighted by atomic mass is 15.1. The minimum Gasteiger partial charge on any atom is -0.369 e. The molecular weight excluding hydrogens is 272 g/mol. The summed E-state index contributed by atoms with van der Waals surface area (Å²) in [4.78, 5) is 8.26. The maximum Gasteiger partial charge on any atom is 0.127 e. The largest absolute Gasteiger partial charge is 0.369 e. The van der Waals surface area contributed by atoms with Crippen molar-refractivity contribution in [2.24, 2.45) is 4.99 Å². The molecule has 2 aromatic rings. The average Bonchev–Trinajstić information content (AvgIpc) is 2.52. The first-order valence-electron chi connectivity index (χ1n) is 7.15. The third-order valence-corrected chi connectivity index (χ3v) is 3.23. The molecule has 0 aromatic heterocycles. The molecule has 4 nitrogen and oxygen atoms in total. The van der Waals surface area contributed by atoms with E-state index >= 15 is 0 Å². The van der Waals surface area contributed by atoms with Gasteiger partial charge < -0.3 is 9.80 Å². The molecule has 0 radical (unpaired) electrons. The number of nitrogens with one attached hydrogen (secondary N) is 1. The lowest BCUT2D eigenvalue weighted by Gasteiger charge is -2.15. The topological polar surface area (TPSA) is 42.7 Å². The summed E-state index contributed by atoms with van der Waals surface area (Å²) in [5, 5.41) is 8.14. The number of rotatable bonds is 4. The fourth-order valence-electron chi connectivity index (χ4n) is 2.08. The molecule has 0 aliphatic rings. The van der Waals surface area contributed by atoms with Crippen LogP contribution in [0.15, 0.2) is 53.5 Å². The molecule has 0 saturated heterocycles. The third kappa shape index (κ3) is 3.73. The molecule has 22 heavy (non-hydrogen) atoms. The van der Waals surface area contributed by atoms with Gasteiger partial charge in [-0.3, -0.25) is 5.41 Å². The van der Waals surface area contributed by atoms with Gasteiger partial charge in [0.1, 0.15) is 5.84 Å². The van der Waals surface area contributed by atoms with Gasteiger partial charge in [0.05, 0.1) is 12.0 Å². The molecule has 2 rings (SSSR count). The quantitative estimate of drug-likeness (QED) is 0.693. The van der Waals surface area contributed by atoms with E-state index in [4.69, 9.17) is 5.41 Å². The zero-order valence-corrected chi connectivity index (χ0v) is 13.5. The molecule has 0 fully saturated rings. The van der Waals surface area contributed by atoms with Crippen molar-refractivity contribution in [2.75, 3.05) is 28.2 Å². The summed E-state index contributed by atoms with van der Waals surface area (Å²) in [5.74, 6) is 0.473. The van der Waals surface area contributed by atoms with E-state index in [0.717, 1.165) is 22.4 Å². The number of nitrogens with zero attached hydrogens (tertiary/aromatic N) is 3. The van der Waals surface area contributed by atoms with Crippen LogP contribution >= 0.6 is 0 Å². The van der Waals surface area contributed by atoms with Crippen LogP contribution in [0.3, 0.4) is 0 Å². The summed E-state index contributed by atoms with van der Waals surface area (Å²) in [6.45, 7) is 0. The molecule has 0 saturated carbocycles. The maximum atomic E-state index is 8.14. The van der Waals surface area contributed by atoms with E-state index in [-0.39, 0.29) is 0 Å². The first-order valence-corrected chi connectivity index (χ1v) is 7.15. The van der Waals surface area contributed by atoms with E-state index < -0.39 is 0 Å². The van der Waals surface area contributed by atoms with Crippen LogP contribution < -0.4 is 0 Å². The number of hydrogen-bond donors (Lipinski definition) is 1. The summed E-state index contributed by atoms with van der Waals surface area (Å²) in [6, 6.07) is 16.1. The van der Waals surface area contributed by atoms with Gasteiger partial charge in [-0.25, -0.2) is 4.99 Å².